The molecule has 6 nitrogen and oxygen atoms in total. The molecule has 1 heterocycles. The summed E-state index contributed by atoms with van der Waals surface area (Å²) in [6, 6.07) is 13.4. The molecule has 0 aliphatic carbocycles. The first-order valence-electron chi connectivity index (χ1n) is 6.54. The van der Waals surface area contributed by atoms with E-state index in [1.807, 2.05) is 6.07 Å². The maximum Gasteiger partial charge on any atom is 0.262 e. The summed E-state index contributed by atoms with van der Waals surface area (Å²) in [5.41, 5.74) is 1.84. The molecule has 0 atom stereocenters. The van der Waals surface area contributed by atoms with Crippen molar-refractivity contribution in [3.63, 3.8) is 0 Å². The predicted molar refractivity (Wildman–Crippen MR) is 79.7 cm³/mol. The molecule has 0 radical (unpaired) electrons. The van der Waals surface area contributed by atoms with Gasteiger partial charge in [0.05, 0.1) is 17.3 Å². The lowest BCUT2D eigenvalue weighted by Crippen LogP contribution is -2.25. The van der Waals surface area contributed by atoms with Gasteiger partial charge in [0, 0.05) is 11.3 Å². The molecular weight excluding hydrogens is 282 g/mol. The van der Waals surface area contributed by atoms with Crippen LogP contribution < -0.4 is 15.4 Å². The number of rotatable bonds is 2. The Labute approximate surface area is 126 Å². The van der Waals surface area contributed by atoms with Crippen LogP contribution in [0.15, 0.2) is 42.5 Å². The van der Waals surface area contributed by atoms with E-state index in [9.17, 15) is 9.59 Å². The summed E-state index contributed by atoms with van der Waals surface area (Å²) >= 11 is 0. The Morgan fingerprint density at radius 1 is 1.27 bits per heavy atom. The van der Waals surface area contributed by atoms with Crippen molar-refractivity contribution in [3.8, 4) is 11.8 Å². The number of nitrogens with zero attached hydrogens (tertiary/aromatic N) is 1. The number of nitriles is 1. The fourth-order valence-corrected chi connectivity index (χ4v) is 2.09. The molecule has 0 aromatic heterocycles. The fraction of sp³-hybridized carbons (Fsp3) is 0.0625. The highest BCUT2D eigenvalue weighted by Gasteiger charge is 2.16. The monoisotopic (exact) mass is 293 g/mol. The van der Waals surface area contributed by atoms with E-state index in [2.05, 4.69) is 10.6 Å². The highest BCUT2D eigenvalue weighted by Crippen LogP contribution is 2.30. The van der Waals surface area contributed by atoms with Crippen molar-refractivity contribution in [2.45, 2.75) is 0 Å². The van der Waals surface area contributed by atoms with E-state index in [-0.39, 0.29) is 18.4 Å². The van der Waals surface area contributed by atoms with Crippen LogP contribution >= 0.6 is 0 Å². The van der Waals surface area contributed by atoms with Crippen LogP contribution in [0.2, 0.25) is 0 Å². The van der Waals surface area contributed by atoms with Gasteiger partial charge in [-0.05, 0) is 36.4 Å². The maximum absolute atomic E-state index is 12.2. The molecule has 22 heavy (non-hydrogen) atoms. The van der Waals surface area contributed by atoms with Crippen molar-refractivity contribution in [1.29, 1.82) is 5.26 Å². The van der Waals surface area contributed by atoms with Gasteiger partial charge < -0.3 is 15.4 Å². The van der Waals surface area contributed by atoms with Crippen molar-refractivity contribution in [3.05, 3.63) is 53.6 Å². The minimum Gasteiger partial charge on any atom is -0.482 e. The maximum atomic E-state index is 12.2. The van der Waals surface area contributed by atoms with Crippen LogP contribution in [-0.4, -0.2) is 18.4 Å². The molecule has 6 heteroatoms. The molecule has 0 fully saturated rings. The molecule has 0 bridgehead atoms. The first-order chi connectivity index (χ1) is 10.7. The number of hydrogen-bond donors (Lipinski definition) is 2. The Morgan fingerprint density at radius 3 is 2.95 bits per heavy atom. The van der Waals surface area contributed by atoms with Gasteiger partial charge in [0.2, 0.25) is 0 Å². The minimum atomic E-state index is -0.333. The summed E-state index contributed by atoms with van der Waals surface area (Å²) < 4.78 is 5.25. The second kappa shape index (κ2) is 5.58. The smallest absolute Gasteiger partial charge is 0.262 e. The molecule has 0 saturated carbocycles. The lowest BCUT2D eigenvalue weighted by Gasteiger charge is -2.18. The van der Waals surface area contributed by atoms with Gasteiger partial charge in [-0.1, -0.05) is 6.07 Å². The van der Waals surface area contributed by atoms with E-state index < -0.39 is 0 Å². The quantitative estimate of drug-likeness (QED) is 0.887. The second-order valence-corrected chi connectivity index (χ2v) is 4.69. The van der Waals surface area contributed by atoms with Gasteiger partial charge in [-0.2, -0.15) is 5.26 Å². The van der Waals surface area contributed by atoms with Gasteiger partial charge in [0.25, 0.3) is 11.8 Å². The fourth-order valence-electron chi connectivity index (χ4n) is 2.09. The number of benzene rings is 2. The summed E-state index contributed by atoms with van der Waals surface area (Å²) in [4.78, 5) is 23.5. The van der Waals surface area contributed by atoms with Crippen LogP contribution in [0.4, 0.5) is 11.4 Å². The number of nitrogens with one attached hydrogen (secondary N) is 2. The first-order valence-corrected chi connectivity index (χ1v) is 6.54. The van der Waals surface area contributed by atoms with E-state index in [4.69, 9.17) is 10.00 Å². The summed E-state index contributed by atoms with van der Waals surface area (Å²) in [5.74, 6) is -0.0121. The zero-order valence-corrected chi connectivity index (χ0v) is 11.4. The van der Waals surface area contributed by atoms with Crippen molar-refractivity contribution in [2.75, 3.05) is 17.2 Å². The first kappa shape index (κ1) is 13.6. The average molecular weight is 293 g/mol. The molecule has 0 saturated heterocycles. The number of hydrogen-bond acceptors (Lipinski definition) is 4. The van der Waals surface area contributed by atoms with Crippen LogP contribution in [-0.2, 0) is 4.79 Å². The lowest BCUT2D eigenvalue weighted by atomic mass is 10.1. The summed E-state index contributed by atoms with van der Waals surface area (Å²) in [7, 11) is 0. The largest absolute Gasteiger partial charge is 0.482 e. The van der Waals surface area contributed by atoms with Gasteiger partial charge in [-0.15, -0.1) is 0 Å². The summed E-state index contributed by atoms with van der Waals surface area (Å²) in [6.45, 7) is -0.0142. The zero-order valence-electron chi connectivity index (χ0n) is 11.4. The van der Waals surface area contributed by atoms with Gasteiger partial charge in [0.1, 0.15) is 5.75 Å². The van der Waals surface area contributed by atoms with E-state index in [0.717, 1.165) is 0 Å². The number of carbonyl (C=O) groups excluding carboxylic acids is 2. The van der Waals surface area contributed by atoms with E-state index >= 15 is 0 Å². The minimum absolute atomic E-state index is 0.0142. The number of amides is 2. The van der Waals surface area contributed by atoms with E-state index in [0.29, 0.717) is 28.3 Å². The molecule has 1 aliphatic heterocycles. The molecule has 2 aromatic rings. The Bertz CT molecular complexity index is 809. The molecule has 108 valence electrons. The molecule has 3 rings (SSSR count). The predicted octanol–water partition coefficient (Wildman–Crippen LogP) is 2.14. The lowest BCUT2D eigenvalue weighted by molar-refractivity contribution is -0.118. The zero-order chi connectivity index (χ0) is 15.5. The number of carbonyl (C=O) groups is 2. The average Bonchev–Trinajstić information content (AvgIpc) is 2.54. The number of anilines is 2. The third kappa shape index (κ3) is 2.74. The van der Waals surface area contributed by atoms with E-state index in [1.165, 1.54) is 6.07 Å². The van der Waals surface area contributed by atoms with E-state index in [1.54, 1.807) is 36.4 Å². The topological polar surface area (TPSA) is 91.2 Å². The second-order valence-electron chi connectivity index (χ2n) is 4.69. The highest BCUT2D eigenvalue weighted by atomic mass is 16.5. The third-order valence-electron chi connectivity index (χ3n) is 3.12. The van der Waals surface area contributed by atoms with Crippen LogP contribution in [0.1, 0.15) is 15.9 Å². The van der Waals surface area contributed by atoms with Crippen LogP contribution in [0.3, 0.4) is 0 Å². The molecule has 2 amide bonds. The van der Waals surface area contributed by atoms with Crippen LogP contribution in [0.5, 0.6) is 5.75 Å². The van der Waals surface area contributed by atoms with Crippen LogP contribution in [0.25, 0.3) is 0 Å². The van der Waals surface area contributed by atoms with Crippen LogP contribution in [0, 0.1) is 11.3 Å². The highest BCUT2D eigenvalue weighted by molar-refractivity contribution is 6.05. The molecule has 2 N–H and O–H groups in total. The van der Waals surface area contributed by atoms with Gasteiger partial charge in [0.15, 0.2) is 6.61 Å². The number of ether oxygens (including phenoxy) is 1. The summed E-state index contributed by atoms with van der Waals surface area (Å²) in [5, 5.41) is 14.2. The molecule has 0 spiro atoms. The van der Waals surface area contributed by atoms with Gasteiger partial charge in [-0.3, -0.25) is 9.59 Å². The summed E-state index contributed by atoms with van der Waals surface area (Å²) in [6.07, 6.45) is 0. The van der Waals surface area contributed by atoms with Crippen molar-refractivity contribution >= 4 is 23.2 Å². The van der Waals surface area contributed by atoms with Crippen molar-refractivity contribution in [2.24, 2.45) is 0 Å². The Hall–Kier alpha value is -3.33. The SMILES string of the molecule is N#Cc1cccc(C(=O)Nc2ccc3c(c2)NC(=O)CO3)c1. The van der Waals surface area contributed by atoms with Crippen molar-refractivity contribution in [1.82, 2.24) is 0 Å². The van der Waals surface area contributed by atoms with Gasteiger partial charge >= 0.3 is 0 Å². The molecule has 2 aromatic carbocycles. The standard InChI is InChI=1S/C16H11N3O3/c17-8-10-2-1-3-11(6-10)16(21)18-12-4-5-14-13(7-12)19-15(20)9-22-14/h1-7H,9H2,(H,18,21)(H,19,20). The molecule has 1 aliphatic rings. The Morgan fingerprint density at radius 2 is 2.14 bits per heavy atom. The Kier molecular flexibility index (Phi) is 3.46. The van der Waals surface area contributed by atoms with Crippen molar-refractivity contribution < 1.29 is 14.3 Å². The molecule has 0 unspecified atom stereocenters. The normalized spacial score (nSPS) is 12.4. The van der Waals surface area contributed by atoms with Gasteiger partial charge in [-0.25, -0.2) is 0 Å². The Balaban J connectivity index is 1.81. The number of fused-ring (bicyclic) bond motifs is 1. The molecular formula is C16H11N3O3. The third-order valence-corrected chi connectivity index (χ3v) is 3.12.